The highest BCUT2D eigenvalue weighted by Crippen LogP contribution is 2.13. The van der Waals surface area contributed by atoms with Crippen LogP contribution in [0.3, 0.4) is 0 Å². The minimum atomic E-state index is -0.463. The third kappa shape index (κ3) is 8.05. The molecule has 1 saturated heterocycles. The van der Waals surface area contributed by atoms with E-state index in [0.29, 0.717) is 13.2 Å². The lowest BCUT2D eigenvalue weighted by Gasteiger charge is -2.27. The molecule has 2 rings (SSSR count). The van der Waals surface area contributed by atoms with Crippen LogP contribution in [0.15, 0.2) is 24.3 Å². The Labute approximate surface area is 156 Å². The molecule has 1 aliphatic rings. The van der Waals surface area contributed by atoms with E-state index in [-0.39, 0.29) is 18.3 Å². The third-order valence-corrected chi connectivity index (χ3v) is 4.16. The van der Waals surface area contributed by atoms with Crippen molar-refractivity contribution in [2.75, 3.05) is 46.4 Å². The molecule has 6 nitrogen and oxygen atoms in total. The zero-order valence-electron chi connectivity index (χ0n) is 15.1. The predicted molar refractivity (Wildman–Crippen MR) is 101 cm³/mol. The average molecular weight is 372 g/mol. The second-order valence-electron chi connectivity index (χ2n) is 6.04. The van der Waals surface area contributed by atoms with E-state index in [0.717, 1.165) is 50.5 Å². The van der Waals surface area contributed by atoms with Crippen molar-refractivity contribution in [3.63, 3.8) is 0 Å². The Morgan fingerprint density at radius 2 is 2.12 bits per heavy atom. The van der Waals surface area contributed by atoms with Crippen molar-refractivity contribution < 1.29 is 14.3 Å². The Bertz CT molecular complexity index is 510. The van der Waals surface area contributed by atoms with E-state index in [4.69, 9.17) is 9.47 Å². The lowest BCUT2D eigenvalue weighted by Crippen LogP contribution is -2.44. The third-order valence-electron chi connectivity index (χ3n) is 4.16. The number of rotatable bonds is 9. The fraction of sp³-hybridized carbons (Fsp3) is 0.611. The molecule has 2 N–H and O–H groups in total. The number of ether oxygens (including phenoxy) is 2. The second kappa shape index (κ2) is 12.1. The number of hydrogen-bond acceptors (Lipinski definition) is 5. The maximum atomic E-state index is 12.1. The fourth-order valence-electron chi connectivity index (χ4n) is 2.65. The molecular weight excluding hydrogens is 342 g/mol. The number of nitrogens with one attached hydrogen (secondary N) is 2. The Kier molecular flexibility index (Phi) is 10.5. The molecule has 0 aromatic heterocycles. The first-order valence-corrected chi connectivity index (χ1v) is 8.64. The molecular formula is C18H30ClN3O3. The molecule has 0 spiro atoms. The molecule has 7 heteroatoms. The standard InChI is InChI=1S/C18H29N3O3.ClH/c1-15(24-14-16-5-3-6-17(13-16)23-2)18(22)20-7-4-10-21-11-8-19-9-12-21;/h3,5-6,13,15,19H,4,7-12,14H2,1-2H3,(H,20,22);1H. The normalized spacial score (nSPS) is 15.9. The van der Waals surface area contributed by atoms with E-state index in [9.17, 15) is 4.79 Å². The number of carbonyl (C=O) groups excluding carboxylic acids is 1. The predicted octanol–water partition coefficient (Wildman–Crippen LogP) is 1.43. The maximum absolute atomic E-state index is 12.1. The summed E-state index contributed by atoms with van der Waals surface area (Å²) in [4.78, 5) is 14.5. The number of piperazine rings is 1. The van der Waals surface area contributed by atoms with Crippen molar-refractivity contribution >= 4 is 18.3 Å². The second-order valence-corrected chi connectivity index (χ2v) is 6.04. The highest BCUT2D eigenvalue weighted by atomic mass is 35.5. The maximum Gasteiger partial charge on any atom is 0.248 e. The van der Waals surface area contributed by atoms with Crippen LogP contribution in [0.1, 0.15) is 18.9 Å². The van der Waals surface area contributed by atoms with Crippen LogP contribution in [0.2, 0.25) is 0 Å². The van der Waals surface area contributed by atoms with Crippen LogP contribution < -0.4 is 15.4 Å². The molecule has 0 bridgehead atoms. The lowest BCUT2D eigenvalue weighted by atomic mass is 10.2. The van der Waals surface area contributed by atoms with Crippen LogP contribution in [0.5, 0.6) is 5.75 Å². The van der Waals surface area contributed by atoms with Crippen molar-refractivity contribution in [2.45, 2.75) is 26.1 Å². The molecule has 1 unspecified atom stereocenters. The zero-order chi connectivity index (χ0) is 17.2. The molecule has 1 aliphatic heterocycles. The van der Waals surface area contributed by atoms with Crippen LogP contribution in [0, 0.1) is 0 Å². The summed E-state index contributed by atoms with van der Waals surface area (Å²) in [7, 11) is 1.64. The van der Waals surface area contributed by atoms with Gasteiger partial charge in [-0.05, 0) is 37.6 Å². The van der Waals surface area contributed by atoms with Crippen molar-refractivity contribution in [1.82, 2.24) is 15.5 Å². The summed E-state index contributed by atoms with van der Waals surface area (Å²) in [6, 6.07) is 7.68. The van der Waals surface area contributed by atoms with Crippen molar-refractivity contribution in [1.29, 1.82) is 0 Å². The highest BCUT2D eigenvalue weighted by Gasteiger charge is 2.13. The van der Waals surface area contributed by atoms with Gasteiger partial charge < -0.3 is 25.0 Å². The van der Waals surface area contributed by atoms with Crippen molar-refractivity contribution in [3.8, 4) is 5.75 Å². The molecule has 1 atom stereocenters. The van der Waals surface area contributed by atoms with E-state index in [1.165, 1.54) is 0 Å². The molecule has 1 amide bonds. The van der Waals surface area contributed by atoms with Crippen molar-refractivity contribution in [3.05, 3.63) is 29.8 Å². The molecule has 1 fully saturated rings. The highest BCUT2D eigenvalue weighted by molar-refractivity contribution is 5.85. The van der Waals surface area contributed by atoms with Gasteiger partial charge >= 0.3 is 0 Å². The number of amides is 1. The zero-order valence-corrected chi connectivity index (χ0v) is 15.9. The molecule has 0 saturated carbocycles. The first kappa shape index (κ1) is 21.7. The van der Waals surface area contributed by atoms with E-state index >= 15 is 0 Å². The van der Waals surface area contributed by atoms with Gasteiger partial charge in [-0.2, -0.15) is 0 Å². The van der Waals surface area contributed by atoms with Gasteiger partial charge in [0.05, 0.1) is 13.7 Å². The van der Waals surface area contributed by atoms with Gasteiger partial charge in [-0.3, -0.25) is 4.79 Å². The Morgan fingerprint density at radius 1 is 1.36 bits per heavy atom. The summed E-state index contributed by atoms with van der Waals surface area (Å²) in [6.07, 6.45) is 0.504. The quantitative estimate of drug-likeness (QED) is 0.643. The molecule has 1 heterocycles. The van der Waals surface area contributed by atoms with E-state index in [1.54, 1.807) is 14.0 Å². The molecule has 0 radical (unpaired) electrons. The summed E-state index contributed by atoms with van der Waals surface area (Å²) < 4.78 is 10.8. The van der Waals surface area contributed by atoms with Gasteiger partial charge in [0.1, 0.15) is 11.9 Å². The Balaban J connectivity index is 0.00000312. The number of halogens is 1. The van der Waals surface area contributed by atoms with Gasteiger partial charge in [-0.25, -0.2) is 0 Å². The topological polar surface area (TPSA) is 62.8 Å². The fourth-order valence-corrected chi connectivity index (χ4v) is 2.65. The largest absolute Gasteiger partial charge is 0.497 e. The number of nitrogens with zero attached hydrogens (tertiary/aromatic N) is 1. The monoisotopic (exact) mass is 371 g/mol. The van der Waals surface area contributed by atoms with Crippen molar-refractivity contribution in [2.24, 2.45) is 0 Å². The smallest absolute Gasteiger partial charge is 0.248 e. The van der Waals surface area contributed by atoms with Crippen LogP contribution in [0.4, 0.5) is 0 Å². The lowest BCUT2D eigenvalue weighted by molar-refractivity contribution is -0.132. The van der Waals surface area contributed by atoms with Crippen LogP contribution in [0.25, 0.3) is 0 Å². The summed E-state index contributed by atoms with van der Waals surface area (Å²) >= 11 is 0. The van der Waals surface area contributed by atoms with Crippen LogP contribution in [-0.4, -0.2) is 63.3 Å². The van der Waals surface area contributed by atoms with E-state index in [2.05, 4.69) is 15.5 Å². The number of carbonyl (C=O) groups is 1. The van der Waals surface area contributed by atoms with E-state index in [1.807, 2.05) is 24.3 Å². The van der Waals surface area contributed by atoms with Gasteiger partial charge in [0, 0.05) is 32.7 Å². The Morgan fingerprint density at radius 3 is 2.84 bits per heavy atom. The van der Waals surface area contributed by atoms with Crippen LogP contribution >= 0.6 is 12.4 Å². The molecule has 1 aromatic carbocycles. The number of hydrogen-bond donors (Lipinski definition) is 2. The Hall–Kier alpha value is -1.34. The minimum Gasteiger partial charge on any atom is -0.497 e. The molecule has 142 valence electrons. The number of benzene rings is 1. The SMILES string of the molecule is COc1cccc(COC(C)C(=O)NCCCN2CCNCC2)c1.Cl. The summed E-state index contributed by atoms with van der Waals surface area (Å²) in [5.41, 5.74) is 0.993. The van der Waals surface area contributed by atoms with Gasteiger partial charge in [0.25, 0.3) is 0 Å². The van der Waals surface area contributed by atoms with Gasteiger partial charge in [-0.15, -0.1) is 12.4 Å². The van der Waals surface area contributed by atoms with Gasteiger partial charge in [0.15, 0.2) is 0 Å². The summed E-state index contributed by atoms with van der Waals surface area (Å²) in [5.74, 6) is 0.735. The first-order chi connectivity index (χ1) is 11.7. The molecule has 1 aromatic rings. The summed E-state index contributed by atoms with van der Waals surface area (Å²) in [5, 5.41) is 6.29. The number of methoxy groups -OCH3 is 1. The van der Waals surface area contributed by atoms with Crippen LogP contribution in [-0.2, 0) is 16.1 Å². The average Bonchev–Trinajstić information content (AvgIpc) is 2.64. The van der Waals surface area contributed by atoms with Gasteiger partial charge in [0.2, 0.25) is 5.91 Å². The molecule has 0 aliphatic carbocycles. The van der Waals surface area contributed by atoms with Gasteiger partial charge in [-0.1, -0.05) is 12.1 Å². The van der Waals surface area contributed by atoms with E-state index < -0.39 is 6.10 Å². The summed E-state index contributed by atoms with van der Waals surface area (Å²) in [6.45, 7) is 8.19. The molecule has 25 heavy (non-hydrogen) atoms. The minimum absolute atomic E-state index is 0. The first-order valence-electron chi connectivity index (χ1n) is 8.64.